The number of carbonyl (C=O) groups is 2. The Labute approximate surface area is 212 Å². The number of esters is 1. The highest BCUT2D eigenvalue weighted by Gasteiger charge is 2.26. The van der Waals surface area contributed by atoms with E-state index in [9.17, 15) is 14.7 Å². The Balaban J connectivity index is 2.18. The van der Waals surface area contributed by atoms with Crippen molar-refractivity contribution < 1.29 is 24.2 Å². The van der Waals surface area contributed by atoms with Crippen LogP contribution in [0.4, 0.5) is 0 Å². The number of ether oxygens (including phenoxy) is 2. The minimum absolute atomic E-state index is 0.0363. The van der Waals surface area contributed by atoms with Gasteiger partial charge in [-0.3, -0.25) is 0 Å². The third kappa shape index (κ3) is 7.86. The zero-order valence-corrected chi connectivity index (χ0v) is 22.4. The van der Waals surface area contributed by atoms with E-state index >= 15 is 0 Å². The van der Waals surface area contributed by atoms with Crippen molar-refractivity contribution in [3.63, 3.8) is 0 Å². The summed E-state index contributed by atoms with van der Waals surface area (Å²) in [5.74, 6) is -0.967. The van der Waals surface area contributed by atoms with E-state index in [2.05, 4.69) is 36.7 Å². The van der Waals surface area contributed by atoms with Gasteiger partial charge in [-0.2, -0.15) is 0 Å². The highest BCUT2D eigenvalue weighted by atomic mass is 79.9. The molecule has 0 aromatic heterocycles. The summed E-state index contributed by atoms with van der Waals surface area (Å²) in [7, 11) is 1.63. The highest BCUT2D eigenvalue weighted by molar-refractivity contribution is 9.08. The van der Waals surface area contributed by atoms with Crippen LogP contribution in [0, 0.1) is 0 Å². The maximum atomic E-state index is 13.0. The molecule has 2 rings (SSSR count). The molecule has 0 amide bonds. The number of aromatic carboxylic acids is 1. The minimum Gasteiger partial charge on any atom is -0.496 e. The topological polar surface area (TPSA) is 72.8 Å². The summed E-state index contributed by atoms with van der Waals surface area (Å²) in [5.41, 5.74) is 1.89. The molecule has 186 valence electrons. The third-order valence-electron chi connectivity index (χ3n) is 6.20. The summed E-state index contributed by atoms with van der Waals surface area (Å²) in [6.45, 7) is 6.56. The summed E-state index contributed by atoms with van der Waals surface area (Å²) in [5, 5.41) is 10.0. The smallest absolute Gasteiger partial charge is 0.343 e. The number of hydrogen-bond donors (Lipinski definition) is 1. The number of rotatable bonds is 14. The maximum absolute atomic E-state index is 13.0. The second kappa shape index (κ2) is 13.5. The fraction of sp³-hybridized carbons (Fsp3) is 0.500. The monoisotopic (exact) mass is 532 g/mol. The second-order valence-corrected chi connectivity index (χ2v) is 9.89. The van der Waals surface area contributed by atoms with Crippen LogP contribution >= 0.6 is 15.9 Å². The molecule has 0 atom stereocenters. The van der Waals surface area contributed by atoms with Crippen molar-refractivity contribution >= 4 is 27.9 Å². The van der Waals surface area contributed by atoms with Crippen molar-refractivity contribution in [2.24, 2.45) is 0 Å². The van der Waals surface area contributed by atoms with Gasteiger partial charge in [0.25, 0.3) is 0 Å². The molecule has 0 spiro atoms. The lowest BCUT2D eigenvalue weighted by Gasteiger charge is -2.28. The number of benzene rings is 2. The zero-order valence-electron chi connectivity index (χ0n) is 20.8. The molecular formula is C28H37BrO5. The van der Waals surface area contributed by atoms with Gasteiger partial charge in [-0.05, 0) is 47.7 Å². The van der Waals surface area contributed by atoms with Crippen molar-refractivity contribution in [2.45, 2.75) is 82.9 Å². The molecule has 0 bridgehead atoms. The number of alkyl halides is 1. The standard InChI is InChI=1S/C28H37BrO5/c1-5-6-7-8-9-10-11-16-28(2,3)23-18-21(13-15-24(23)33-4)27(32)34-25-17-20(19-29)12-14-22(25)26(30)31/h12-15,17-18H,5-11,16,19H2,1-4H3,(H,30,31). The van der Waals surface area contributed by atoms with Crippen LogP contribution in [0.25, 0.3) is 0 Å². The molecule has 34 heavy (non-hydrogen) atoms. The molecular weight excluding hydrogens is 496 g/mol. The van der Waals surface area contributed by atoms with Crippen LogP contribution in [0.2, 0.25) is 0 Å². The normalized spacial score (nSPS) is 11.3. The van der Waals surface area contributed by atoms with Gasteiger partial charge < -0.3 is 14.6 Å². The van der Waals surface area contributed by atoms with Crippen molar-refractivity contribution in [3.8, 4) is 11.5 Å². The molecule has 0 unspecified atom stereocenters. The first-order valence-electron chi connectivity index (χ1n) is 12.1. The van der Waals surface area contributed by atoms with Crippen LogP contribution in [0.15, 0.2) is 36.4 Å². The molecule has 0 aliphatic rings. The van der Waals surface area contributed by atoms with Crippen LogP contribution in [0.3, 0.4) is 0 Å². The Morgan fingerprint density at radius 1 is 0.941 bits per heavy atom. The molecule has 0 aliphatic heterocycles. The lowest BCUT2D eigenvalue weighted by atomic mass is 9.78. The van der Waals surface area contributed by atoms with Gasteiger partial charge in [0, 0.05) is 10.9 Å². The summed E-state index contributed by atoms with van der Waals surface area (Å²) >= 11 is 3.35. The molecule has 2 aromatic rings. The number of methoxy groups -OCH3 is 1. The summed E-state index contributed by atoms with van der Waals surface area (Å²) in [6.07, 6.45) is 9.68. The predicted molar refractivity (Wildman–Crippen MR) is 140 cm³/mol. The number of carboxylic acids is 1. The van der Waals surface area contributed by atoms with Gasteiger partial charge in [0.2, 0.25) is 0 Å². The van der Waals surface area contributed by atoms with Crippen LogP contribution < -0.4 is 9.47 Å². The molecule has 0 radical (unpaired) electrons. The first-order chi connectivity index (χ1) is 16.2. The van der Waals surface area contributed by atoms with Crippen LogP contribution in [-0.2, 0) is 10.7 Å². The Bertz CT molecular complexity index is 967. The van der Waals surface area contributed by atoms with Crippen LogP contribution in [-0.4, -0.2) is 24.2 Å². The quantitative estimate of drug-likeness (QED) is 0.116. The molecule has 0 aliphatic carbocycles. The molecule has 1 N–H and O–H groups in total. The van der Waals surface area contributed by atoms with Gasteiger partial charge in [-0.1, -0.05) is 87.7 Å². The Hall–Kier alpha value is -2.34. The van der Waals surface area contributed by atoms with E-state index in [0.717, 1.165) is 29.7 Å². The molecule has 2 aromatic carbocycles. The highest BCUT2D eigenvalue weighted by Crippen LogP contribution is 2.37. The summed E-state index contributed by atoms with van der Waals surface area (Å²) in [4.78, 5) is 24.6. The lowest BCUT2D eigenvalue weighted by molar-refractivity contribution is 0.0681. The van der Waals surface area contributed by atoms with E-state index in [1.165, 1.54) is 44.6 Å². The molecule has 0 saturated carbocycles. The van der Waals surface area contributed by atoms with Gasteiger partial charge in [0.05, 0.1) is 12.7 Å². The van der Waals surface area contributed by atoms with Gasteiger partial charge in [-0.25, -0.2) is 9.59 Å². The maximum Gasteiger partial charge on any atom is 0.343 e. The van der Waals surface area contributed by atoms with Crippen molar-refractivity contribution in [1.29, 1.82) is 0 Å². The van der Waals surface area contributed by atoms with Gasteiger partial charge in [0.15, 0.2) is 0 Å². The van der Waals surface area contributed by atoms with E-state index in [1.54, 1.807) is 31.4 Å². The van der Waals surface area contributed by atoms with Gasteiger partial charge in [-0.15, -0.1) is 0 Å². The van der Waals surface area contributed by atoms with Gasteiger partial charge >= 0.3 is 11.9 Å². The zero-order chi connectivity index (χ0) is 25.1. The van der Waals surface area contributed by atoms with Gasteiger partial charge in [0.1, 0.15) is 17.1 Å². The Kier molecular flexibility index (Phi) is 11.1. The number of carboxylic acid groups (broad SMARTS) is 1. The summed E-state index contributed by atoms with van der Waals surface area (Å²) in [6, 6.07) is 9.97. The number of hydrogen-bond acceptors (Lipinski definition) is 4. The van der Waals surface area contributed by atoms with E-state index in [0.29, 0.717) is 10.9 Å². The fourth-order valence-corrected chi connectivity index (χ4v) is 4.44. The first kappa shape index (κ1) is 27.9. The first-order valence-corrected chi connectivity index (χ1v) is 13.2. The molecule has 0 heterocycles. The predicted octanol–water partition coefficient (Wildman–Crippen LogP) is 7.93. The van der Waals surface area contributed by atoms with E-state index in [4.69, 9.17) is 9.47 Å². The fourth-order valence-electron chi connectivity index (χ4n) is 4.09. The lowest BCUT2D eigenvalue weighted by Crippen LogP contribution is -2.20. The minimum atomic E-state index is -1.14. The Morgan fingerprint density at radius 2 is 1.62 bits per heavy atom. The molecule has 0 fully saturated rings. The largest absolute Gasteiger partial charge is 0.496 e. The van der Waals surface area contributed by atoms with E-state index in [1.807, 2.05) is 6.07 Å². The number of carbonyl (C=O) groups excluding carboxylic acids is 1. The number of halogens is 1. The van der Waals surface area contributed by atoms with E-state index < -0.39 is 11.9 Å². The number of unbranched alkanes of at least 4 members (excludes halogenated alkanes) is 6. The second-order valence-electron chi connectivity index (χ2n) is 9.33. The average molecular weight is 534 g/mol. The third-order valence-corrected chi connectivity index (χ3v) is 6.85. The van der Waals surface area contributed by atoms with Crippen LogP contribution in [0.1, 0.15) is 104 Å². The van der Waals surface area contributed by atoms with Crippen molar-refractivity contribution in [1.82, 2.24) is 0 Å². The van der Waals surface area contributed by atoms with Crippen molar-refractivity contribution in [3.05, 3.63) is 58.7 Å². The SMILES string of the molecule is CCCCCCCCCC(C)(C)c1cc(C(=O)Oc2cc(CBr)ccc2C(=O)O)ccc1OC. The van der Waals surface area contributed by atoms with Crippen LogP contribution in [0.5, 0.6) is 11.5 Å². The van der Waals surface area contributed by atoms with E-state index in [-0.39, 0.29) is 16.7 Å². The average Bonchev–Trinajstić information content (AvgIpc) is 2.82. The summed E-state index contributed by atoms with van der Waals surface area (Å²) < 4.78 is 11.1. The molecule has 6 heteroatoms. The van der Waals surface area contributed by atoms with Crippen molar-refractivity contribution in [2.75, 3.05) is 7.11 Å². The molecule has 0 saturated heterocycles. The molecule has 5 nitrogen and oxygen atoms in total. The Morgan fingerprint density at radius 3 is 2.24 bits per heavy atom.